The van der Waals surface area contributed by atoms with Crippen molar-refractivity contribution in [1.29, 1.82) is 0 Å². The van der Waals surface area contributed by atoms with Gasteiger partial charge in [0.05, 0.1) is 32.0 Å². The monoisotopic (exact) mass is 441 g/mol. The average molecular weight is 442 g/mol. The van der Waals surface area contributed by atoms with Crippen molar-refractivity contribution in [2.75, 3.05) is 30.0 Å². The van der Waals surface area contributed by atoms with E-state index < -0.39 is 0 Å². The molecule has 0 bridgehead atoms. The molecular weight excluding hydrogens is 413 g/mol. The van der Waals surface area contributed by atoms with Gasteiger partial charge < -0.3 is 20.1 Å². The molecule has 2 aromatic rings. The van der Waals surface area contributed by atoms with Gasteiger partial charge in [-0.05, 0) is 43.5 Å². The molecule has 0 spiro atoms. The van der Waals surface area contributed by atoms with Gasteiger partial charge >= 0.3 is 6.03 Å². The molecule has 170 valence electrons. The summed E-state index contributed by atoms with van der Waals surface area (Å²) < 4.78 is 24.8. The molecule has 2 amide bonds. The van der Waals surface area contributed by atoms with Gasteiger partial charge in [-0.1, -0.05) is 19.3 Å². The molecule has 1 aromatic carbocycles. The Morgan fingerprint density at radius 2 is 1.97 bits per heavy atom. The number of ether oxygens (including phenoxy) is 2. The van der Waals surface area contributed by atoms with Gasteiger partial charge in [-0.2, -0.15) is 4.98 Å². The van der Waals surface area contributed by atoms with Gasteiger partial charge in [-0.25, -0.2) is 14.2 Å². The summed E-state index contributed by atoms with van der Waals surface area (Å²) in [4.78, 5) is 24.3. The number of carbonyl (C=O) groups is 1. The fourth-order valence-corrected chi connectivity index (χ4v) is 4.75. The summed E-state index contributed by atoms with van der Waals surface area (Å²) in [7, 11) is 0. The predicted octanol–water partition coefficient (Wildman–Crippen LogP) is 3.74. The Balaban J connectivity index is 1.58. The molecule has 2 fully saturated rings. The Bertz CT molecular complexity index is 1010. The van der Waals surface area contributed by atoms with Crippen LogP contribution in [-0.2, 0) is 16.0 Å². The summed E-state index contributed by atoms with van der Waals surface area (Å²) in [5, 5.41) is 6.21. The van der Waals surface area contributed by atoms with Crippen molar-refractivity contribution in [3.8, 4) is 11.3 Å². The second-order valence-electron chi connectivity index (χ2n) is 8.53. The number of amides is 2. The third-order valence-corrected chi connectivity index (χ3v) is 6.35. The lowest BCUT2D eigenvalue weighted by Gasteiger charge is -2.37. The van der Waals surface area contributed by atoms with Crippen LogP contribution in [0.15, 0.2) is 18.2 Å². The molecule has 1 saturated carbocycles. The highest BCUT2D eigenvalue weighted by Gasteiger charge is 2.35. The van der Waals surface area contributed by atoms with E-state index in [2.05, 4.69) is 10.6 Å². The average Bonchev–Trinajstić information content (AvgIpc) is 3.31. The molecular formula is C23H28FN5O3. The van der Waals surface area contributed by atoms with Crippen molar-refractivity contribution in [2.45, 2.75) is 57.9 Å². The zero-order valence-corrected chi connectivity index (χ0v) is 18.2. The number of anilines is 2. The van der Waals surface area contributed by atoms with E-state index in [4.69, 9.17) is 19.4 Å². The highest BCUT2D eigenvalue weighted by Crippen LogP contribution is 2.37. The third-order valence-electron chi connectivity index (χ3n) is 6.35. The Morgan fingerprint density at radius 1 is 1.19 bits per heavy atom. The normalized spacial score (nSPS) is 19.7. The predicted molar refractivity (Wildman–Crippen MR) is 118 cm³/mol. The zero-order valence-electron chi connectivity index (χ0n) is 18.2. The number of nitrogens with zero attached hydrogens (tertiary/aromatic N) is 3. The van der Waals surface area contributed by atoms with E-state index in [-0.39, 0.29) is 24.2 Å². The van der Waals surface area contributed by atoms with E-state index in [0.717, 1.165) is 42.4 Å². The molecule has 32 heavy (non-hydrogen) atoms. The molecule has 8 nitrogen and oxygen atoms in total. The minimum absolute atomic E-state index is 0.106. The number of urea groups is 1. The minimum atomic E-state index is -0.358. The van der Waals surface area contributed by atoms with Crippen LogP contribution in [0.3, 0.4) is 0 Å². The number of aryl methyl sites for hydroxylation is 1. The topological polar surface area (TPSA) is 88.6 Å². The van der Waals surface area contributed by atoms with Gasteiger partial charge in [0.2, 0.25) is 5.95 Å². The number of hydrogen-bond acceptors (Lipinski definition) is 6. The first-order valence-corrected chi connectivity index (χ1v) is 11.3. The number of fused-ring (bicyclic) bond motifs is 1. The summed E-state index contributed by atoms with van der Waals surface area (Å²) >= 11 is 0. The van der Waals surface area contributed by atoms with Gasteiger partial charge in [0, 0.05) is 17.2 Å². The molecule has 1 aromatic heterocycles. The summed E-state index contributed by atoms with van der Waals surface area (Å²) in [5.41, 5.74) is 3.15. The van der Waals surface area contributed by atoms with Crippen LogP contribution in [0.25, 0.3) is 11.3 Å². The standard InChI is InChI=1S/C23H28FN5O3/c1-14-11-15(24)7-8-17(14)20-18-12-26-23(30)29(16-5-3-2-4-6-16)21(18)28-22(27-20)25-13-19-31-9-10-32-19/h7-8,11,16,19H,2-6,9-10,12-13H2,1H3,(H,26,30)(H,25,27,28). The SMILES string of the molecule is Cc1cc(F)ccc1-c1nc(NCC2OCCO2)nc2c1CNC(=O)N2C1CCCCC1. The molecule has 2 aliphatic heterocycles. The van der Waals surface area contributed by atoms with Crippen LogP contribution in [0.4, 0.5) is 21.0 Å². The lowest BCUT2D eigenvalue weighted by molar-refractivity contribution is -0.0300. The maximum atomic E-state index is 13.8. The molecule has 3 heterocycles. The van der Waals surface area contributed by atoms with E-state index in [9.17, 15) is 9.18 Å². The molecule has 0 radical (unpaired) electrons. The number of benzene rings is 1. The maximum Gasteiger partial charge on any atom is 0.323 e. The quantitative estimate of drug-likeness (QED) is 0.735. The zero-order chi connectivity index (χ0) is 22.1. The number of nitrogens with one attached hydrogen (secondary N) is 2. The molecule has 1 saturated heterocycles. The van der Waals surface area contributed by atoms with Crippen LogP contribution < -0.4 is 15.5 Å². The first-order chi connectivity index (χ1) is 15.6. The summed E-state index contributed by atoms with van der Waals surface area (Å²) in [6, 6.07) is 4.65. The Morgan fingerprint density at radius 3 is 2.72 bits per heavy atom. The maximum absolute atomic E-state index is 13.8. The first-order valence-electron chi connectivity index (χ1n) is 11.3. The highest BCUT2D eigenvalue weighted by molar-refractivity contribution is 5.96. The van der Waals surface area contributed by atoms with E-state index in [1.165, 1.54) is 18.6 Å². The molecule has 2 N–H and O–H groups in total. The van der Waals surface area contributed by atoms with Crippen molar-refractivity contribution in [2.24, 2.45) is 0 Å². The summed E-state index contributed by atoms with van der Waals surface area (Å²) in [6.45, 7) is 3.72. The molecule has 5 rings (SSSR count). The molecule has 3 aliphatic rings. The van der Waals surface area contributed by atoms with Gasteiger partial charge in [-0.15, -0.1) is 0 Å². The van der Waals surface area contributed by atoms with Crippen LogP contribution >= 0.6 is 0 Å². The van der Waals surface area contributed by atoms with Gasteiger partial charge in [0.15, 0.2) is 6.29 Å². The van der Waals surface area contributed by atoms with Gasteiger partial charge in [0.25, 0.3) is 0 Å². The largest absolute Gasteiger partial charge is 0.349 e. The Hall–Kier alpha value is -2.78. The Labute approximate surface area is 186 Å². The molecule has 0 unspecified atom stereocenters. The van der Waals surface area contributed by atoms with Crippen LogP contribution in [-0.4, -0.2) is 48.1 Å². The summed E-state index contributed by atoms with van der Waals surface area (Å²) in [5.74, 6) is 0.738. The Kier molecular flexibility index (Phi) is 5.93. The third kappa shape index (κ3) is 4.14. The van der Waals surface area contributed by atoms with Gasteiger partial charge in [0.1, 0.15) is 11.6 Å². The lowest BCUT2D eigenvalue weighted by Crippen LogP contribution is -2.51. The fraction of sp³-hybridized carbons (Fsp3) is 0.522. The van der Waals surface area contributed by atoms with Crippen molar-refractivity contribution in [3.05, 3.63) is 35.1 Å². The first kappa shape index (κ1) is 21.1. The fourth-order valence-electron chi connectivity index (χ4n) is 4.75. The number of carbonyl (C=O) groups excluding carboxylic acids is 1. The van der Waals surface area contributed by atoms with Crippen molar-refractivity contribution >= 4 is 17.8 Å². The second kappa shape index (κ2) is 8.99. The number of hydrogen-bond donors (Lipinski definition) is 2. The van der Waals surface area contributed by atoms with E-state index >= 15 is 0 Å². The van der Waals surface area contributed by atoms with Crippen LogP contribution in [0.1, 0.15) is 43.2 Å². The van der Waals surface area contributed by atoms with Crippen molar-refractivity contribution < 1.29 is 18.7 Å². The smallest absolute Gasteiger partial charge is 0.323 e. The summed E-state index contributed by atoms with van der Waals surface area (Å²) in [6.07, 6.45) is 4.93. The second-order valence-corrected chi connectivity index (χ2v) is 8.53. The highest BCUT2D eigenvalue weighted by atomic mass is 19.1. The van der Waals surface area contributed by atoms with E-state index in [1.54, 1.807) is 11.0 Å². The number of rotatable bonds is 5. The lowest BCUT2D eigenvalue weighted by atomic mass is 9.93. The number of aromatic nitrogens is 2. The number of halogens is 1. The van der Waals surface area contributed by atoms with Crippen LogP contribution in [0.2, 0.25) is 0 Å². The van der Waals surface area contributed by atoms with E-state index in [1.807, 2.05) is 6.92 Å². The van der Waals surface area contributed by atoms with Crippen LogP contribution in [0.5, 0.6) is 0 Å². The minimum Gasteiger partial charge on any atom is -0.349 e. The van der Waals surface area contributed by atoms with E-state index in [0.29, 0.717) is 43.8 Å². The molecule has 9 heteroatoms. The van der Waals surface area contributed by atoms with Crippen LogP contribution in [0, 0.1) is 12.7 Å². The van der Waals surface area contributed by atoms with Crippen molar-refractivity contribution in [3.63, 3.8) is 0 Å². The molecule has 1 aliphatic carbocycles. The molecule has 0 atom stereocenters. The van der Waals surface area contributed by atoms with Gasteiger partial charge in [-0.3, -0.25) is 4.90 Å². The van der Waals surface area contributed by atoms with Crippen molar-refractivity contribution in [1.82, 2.24) is 15.3 Å².